The number of aliphatic hydroxyl groups excluding tert-OH is 2. The zero-order valence-electron chi connectivity index (χ0n) is 42.4. The quantitative estimate of drug-likeness (QED) is 0.0245. The van der Waals surface area contributed by atoms with Crippen molar-refractivity contribution in [3.05, 3.63) is 60.8 Å². The molecule has 0 fully saturated rings. The first-order chi connectivity index (χ1) is 31.5. The van der Waals surface area contributed by atoms with E-state index in [0.29, 0.717) is 19.3 Å². The standard InChI is InChI=1S/C58H105NO5/c1-4-7-10-13-16-19-22-25-27-28-30-33-35-38-41-44-47-50-56(61)55(53-60)59-57(62)52-54(49-46-43-40-37-34-32-29-26-23-20-17-14-11-8-5-2)64-58(63)51-48-45-42-39-36-31-24-21-18-15-12-9-6-3/h9,12,15,18,21,24,26,29,31,36,54-56,60-61H,4-8,10-11,13-14,16-17,19-20,22-23,25,27-28,30,32-35,37-53H2,1-3H3,(H,59,62)/b12-9+,18-15+,24-21-,29-26+,36-31-. The fourth-order valence-corrected chi connectivity index (χ4v) is 8.26. The van der Waals surface area contributed by atoms with Gasteiger partial charge in [0, 0.05) is 6.42 Å². The third kappa shape index (κ3) is 46.1. The zero-order chi connectivity index (χ0) is 46.7. The molecule has 3 N–H and O–H groups in total. The van der Waals surface area contributed by atoms with E-state index < -0.39 is 18.2 Å². The van der Waals surface area contributed by atoms with E-state index in [1.165, 1.54) is 148 Å². The highest BCUT2D eigenvalue weighted by Crippen LogP contribution is 2.18. The number of ether oxygens (including phenoxy) is 1. The number of allylic oxidation sites excluding steroid dienone is 10. The Bertz CT molecular complexity index is 1140. The number of carbonyl (C=O) groups excluding carboxylic acids is 2. The molecule has 0 aromatic heterocycles. The Hall–Kier alpha value is -2.44. The minimum atomic E-state index is -0.799. The van der Waals surface area contributed by atoms with Gasteiger partial charge < -0.3 is 20.3 Å². The summed E-state index contributed by atoms with van der Waals surface area (Å²) in [4.78, 5) is 26.2. The normalized spacial score (nSPS) is 13.6. The van der Waals surface area contributed by atoms with Crippen molar-refractivity contribution in [2.45, 2.75) is 289 Å². The van der Waals surface area contributed by atoms with Crippen LogP contribution in [0.15, 0.2) is 60.8 Å². The fourth-order valence-electron chi connectivity index (χ4n) is 8.26. The molecule has 0 aliphatic heterocycles. The number of hydrogen-bond donors (Lipinski definition) is 3. The van der Waals surface area contributed by atoms with Gasteiger partial charge in [-0.05, 0) is 70.6 Å². The molecule has 0 aliphatic carbocycles. The van der Waals surface area contributed by atoms with E-state index in [2.05, 4.69) is 62.5 Å². The van der Waals surface area contributed by atoms with E-state index in [4.69, 9.17) is 4.74 Å². The van der Waals surface area contributed by atoms with E-state index in [-0.39, 0.29) is 24.9 Å². The van der Waals surface area contributed by atoms with Crippen molar-refractivity contribution in [1.29, 1.82) is 0 Å². The van der Waals surface area contributed by atoms with Gasteiger partial charge in [0.05, 0.1) is 25.2 Å². The number of rotatable bonds is 49. The van der Waals surface area contributed by atoms with Crippen LogP contribution in [0, 0.1) is 0 Å². The third-order valence-corrected chi connectivity index (χ3v) is 12.4. The summed E-state index contributed by atoms with van der Waals surface area (Å²) in [5.74, 6) is -0.523. The van der Waals surface area contributed by atoms with Gasteiger partial charge in [-0.3, -0.25) is 9.59 Å². The molecule has 0 radical (unpaired) electrons. The number of nitrogens with one attached hydrogen (secondary N) is 1. The van der Waals surface area contributed by atoms with Gasteiger partial charge in [-0.2, -0.15) is 0 Å². The van der Waals surface area contributed by atoms with Crippen molar-refractivity contribution in [2.24, 2.45) is 0 Å². The molecule has 64 heavy (non-hydrogen) atoms. The third-order valence-electron chi connectivity index (χ3n) is 12.4. The van der Waals surface area contributed by atoms with Gasteiger partial charge in [0.25, 0.3) is 0 Å². The first-order valence-corrected chi connectivity index (χ1v) is 27.6. The lowest BCUT2D eigenvalue weighted by molar-refractivity contribution is -0.151. The van der Waals surface area contributed by atoms with Crippen LogP contribution in [0.2, 0.25) is 0 Å². The molecule has 3 unspecified atom stereocenters. The van der Waals surface area contributed by atoms with Crippen LogP contribution in [0.5, 0.6) is 0 Å². The van der Waals surface area contributed by atoms with Crippen molar-refractivity contribution in [3.8, 4) is 0 Å². The molecule has 0 aromatic carbocycles. The summed E-state index contributed by atoms with van der Waals surface area (Å²) < 4.78 is 5.92. The largest absolute Gasteiger partial charge is 0.462 e. The first-order valence-electron chi connectivity index (χ1n) is 27.6. The van der Waals surface area contributed by atoms with Crippen LogP contribution in [-0.2, 0) is 14.3 Å². The molecule has 0 heterocycles. The summed E-state index contributed by atoms with van der Waals surface area (Å²) in [5, 5.41) is 23.9. The van der Waals surface area contributed by atoms with Gasteiger partial charge in [0.1, 0.15) is 6.10 Å². The van der Waals surface area contributed by atoms with Gasteiger partial charge in [-0.15, -0.1) is 0 Å². The fraction of sp³-hybridized carbons (Fsp3) is 0.793. The molecule has 0 aliphatic rings. The Morgan fingerprint density at radius 3 is 1.33 bits per heavy atom. The Balaban J connectivity index is 4.58. The maximum absolute atomic E-state index is 13.2. The van der Waals surface area contributed by atoms with E-state index >= 15 is 0 Å². The Morgan fingerprint density at radius 2 is 0.859 bits per heavy atom. The summed E-state index contributed by atoms with van der Waals surface area (Å²) in [5.41, 5.74) is 0. The van der Waals surface area contributed by atoms with Gasteiger partial charge in [0.2, 0.25) is 5.91 Å². The topological polar surface area (TPSA) is 95.9 Å². The molecule has 0 saturated heterocycles. The second-order valence-corrected chi connectivity index (χ2v) is 18.7. The molecule has 372 valence electrons. The van der Waals surface area contributed by atoms with Crippen LogP contribution in [0.25, 0.3) is 0 Å². The number of hydrogen-bond acceptors (Lipinski definition) is 5. The summed E-state index contributed by atoms with van der Waals surface area (Å²) in [6.45, 7) is 6.35. The highest BCUT2D eigenvalue weighted by Gasteiger charge is 2.24. The number of amides is 1. The highest BCUT2D eigenvalue weighted by molar-refractivity contribution is 5.77. The molecule has 1 amide bonds. The Morgan fingerprint density at radius 1 is 0.469 bits per heavy atom. The van der Waals surface area contributed by atoms with Crippen LogP contribution in [0.1, 0.15) is 271 Å². The van der Waals surface area contributed by atoms with Gasteiger partial charge in [0.15, 0.2) is 0 Å². The summed E-state index contributed by atoms with van der Waals surface area (Å²) in [6.07, 6.45) is 64.3. The van der Waals surface area contributed by atoms with E-state index in [0.717, 1.165) is 77.0 Å². The van der Waals surface area contributed by atoms with Gasteiger partial charge in [-0.25, -0.2) is 0 Å². The lowest BCUT2D eigenvalue weighted by Gasteiger charge is -2.24. The van der Waals surface area contributed by atoms with E-state index in [1.54, 1.807) is 0 Å². The molecule has 0 saturated carbocycles. The van der Waals surface area contributed by atoms with Crippen LogP contribution in [-0.4, -0.2) is 46.9 Å². The molecular weight excluding hydrogens is 791 g/mol. The maximum atomic E-state index is 13.2. The molecule has 3 atom stereocenters. The number of esters is 1. The molecular formula is C58H105NO5. The van der Waals surface area contributed by atoms with Crippen molar-refractivity contribution in [2.75, 3.05) is 6.61 Å². The highest BCUT2D eigenvalue weighted by atomic mass is 16.5. The molecule has 0 spiro atoms. The van der Waals surface area contributed by atoms with Crippen molar-refractivity contribution in [1.82, 2.24) is 5.32 Å². The molecule has 6 heteroatoms. The number of unbranched alkanes of at least 4 members (excludes halogenated alkanes) is 30. The Kier molecular flexibility index (Phi) is 49.6. The summed E-state index contributed by atoms with van der Waals surface area (Å²) in [7, 11) is 0. The van der Waals surface area contributed by atoms with Crippen LogP contribution >= 0.6 is 0 Å². The van der Waals surface area contributed by atoms with Gasteiger partial charge in [-0.1, -0.05) is 248 Å². The average Bonchev–Trinajstić information content (AvgIpc) is 3.29. The van der Waals surface area contributed by atoms with E-state index in [1.807, 2.05) is 24.3 Å². The molecule has 0 aromatic rings. The number of aliphatic hydroxyl groups is 2. The Labute approximate surface area is 397 Å². The lowest BCUT2D eigenvalue weighted by atomic mass is 10.0. The van der Waals surface area contributed by atoms with Crippen LogP contribution in [0.3, 0.4) is 0 Å². The van der Waals surface area contributed by atoms with Crippen molar-refractivity contribution >= 4 is 11.9 Å². The minimum Gasteiger partial charge on any atom is -0.462 e. The molecule has 0 bridgehead atoms. The smallest absolute Gasteiger partial charge is 0.306 e. The molecule has 6 nitrogen and oxygen atoms in total. The summed E-state index contributed by atoms with van der Waals surface area (Å²) in [6, 6.07) is -0.714. The van der Waals surface area contributed by atoms with Crippen molar-refractivity contribution < 1.29 is 24.5 Å². The second kappa shape index (κ2) is 51.5. The minimum absolute atomic E-state index is 0.0554. The van der Waals surface area contributed by atoms with Gasteiger partial charge >= 0.3 is 5.97 Å². The second-order valence-electron chi connectivity index (χ2n) is 18.7. The SMILES string of the molecule is CC/C=C/C=C/C=C\C=C/CCCCCC(=O)OC(CCCCCCC/C=C/CCCCCCCC)CC(=O)NC(CO)C(O)CCCCCCCCCCCCCCCCCCC. The summed E-state index contributed by atoms with van der Waals surface area (Å²) >= 11 is 0. The zero-order valence-corrected chi connectivity index (χ0v) is 42.4. The predicted molar refractivity (Wildman–Crippen MR) is 278 cm³/mol. The van der Waals surface area contributed by atoms with E-state index in [9.17, 15) is 19.8 Å². The monoisotopic (exact) mass is 896 g/mol. The lowest BCUT2D eigenvalue weighted by Crippen LogP contribution is -2.46. The van der Waals surface area contributed by atoms with Crippen LogP contribution in [0.4, 0.5) is 0 Å². The predicted octanol–water partition coefficient (Wildman–Crippen LogP) is 16.8. The first kappa shape index (κ1) is 61.6. The molecule has 0 rings (SSSR count). The van der Waals surface area contributed by atoms with Crippen LogP contribution < -0.4 is 5.32 Å². The van der Waals surface area contributed by atoms with Crippen molar-refractivity contribution in [3.63, 3.8) is 0 Å². The number of carbonyl (C=O) groups is 2. The average molecular weight is 896 g/mol. The maximum Gasteiger partial charge on any atom is 0.306 e.